The van der Waals surface area contributed by atoms with Crippen LogP contribution in [0.25, 0.3) is 0 Å². The van der Waals surface area contributed by atoms with E-state index in [2.05, 4.69) is 0 Å². The molecule has 1 aliphatic carbocycles. The van der Waals surface area contributed by atoms with Gasteiger partial charge in [-0.2, -0.15) is 4.72 Å². The smallest absolute Gasteiger partial charge is 0.305 e. The van der Waals surface area contributed by atoms with Gasteiger partial charge in [0.15, 0.2) is 0 Å². The Morgan fingerprint density at radius 1 is 1.30 bits per heavy atom. The number of halogens is 2. The molecule has 0 radical (unpaired) electrons. The number of carboxylic acid groups (broad SMARTS) is 1. The average molecular weight is 347 g/mol. The molecule has 1 aromatic carbocycles. The second-order valence-corrected chi connectivity index (χ2v) is 7.71. The molecule has 0 aromatic heterocycles. The molecule has 1 unspecified atom stereocenters. The molecule has 1 aliphatic rings. The van der Waals surface area contributed by atoms with Gasteiger partial charge >= 0.3 is 5.97 Å². The van der Waals surface area contributed by atoms with Gasteiger partial charge in [-0.05, 0) is 55.9 Å². The van der Waals surface area contributed by atoms with Gasteiger partial charge in [-0.15, -0.1) is 0 Å². The fourth-order valence-corrected chi connectivity index (χ4v) is 4.15. The van der Waals surface area contributed by atoms with E-state index in [9.17, 15) is 22.0 Å². The summed E-state index contributed by atoms with van der Waals surface area (Å²) in [6.45, 7) is 0.891. The zero-order valence-electron chi connectivity index (χ0n) is 12.7. The van der Waals surface area contributed by atoms with Crippen LogP contribution in [0.3, 0.4) is 0 Å². The van der Waals surface area contributed by atoms with Crippen LogP contribution in [0, 0.1) is 0 Å². The zero-order chi connectivity index (χ0) is 17.3. The highest BCUT2D eigenvalue weighted by atomic mass is 32.2. The first-order chi connectivity index (χ1) is 10.6. The number of carbonyl (C=O) groups is 1. The highest BCUT2D eigenvalue weighted by molar-refractivity contribution is 7.89. The summed E-state index contributed by atoms with van der Waals surface area (Å²) in [4.78, 5) is 10.6. The van der Waals surface area contributed by atoms with E-state index in [0.29, 0.717) is 0 Å². The van der Waals surface area contributed by atoms with E-state index < -0.39 is 34.4 Å². The van der Waals surface area contributed by atoms with E-state index in [1.807, 2.05) is 4.72 Å². The third-order valence-corrected chi connectivity index (χ3v) is 5.61. The van der Waals surface area contributed by atoms with Crippen molar-refractivity contribution in [2.24, 2.45) is 0 Å². The van der Waals surface area contributed by atoms with E-state index >= 15 is 0 Å². The van der Waals surface area contributed by atoms with Crippen molar-refractivity contribution < 1.29 is 27.1 Å². The molecule has 1 atom stereocenters. The van der Waals surface area contributed by atoms with Crippen LogP contribution in [0.1, 0.15) is 37.3 Å². The summed E-state index contributed by atoms with van der Waals surface area (Å²) in [5, 5.41) is 8.76. The summed E-state index contributed by atoms with van der Waals surface area (Å²) in [5.74, 6) is -1.50. The number of alkyl halides is 2. The van der Waals surface area contributed by atoms with Crippen molar-refractivity contribution in [3.63, 3.8) is 0 Å². The van der Waals surface area contributed by atoms with Crippen LogP contribution in [0.15, 0.2) is 23.1 Å². The fraction of sp³-hybridized carbons (Fsp3) is 0.533. The number of carboxylic acids is 1. The Bertz CT molecular complexity index is 705. The minimum atomic E-state index is -4.24. The predicted octanol–water partition coefficient (Wildman–Crippen LogP) is 2.34. The van der Waals surface area contributed by atoms with E-state index in [1.54, 1.807) is 6.07 Å². The van der Waals surface area contributed by atoms with Gasteiger partial charge < -0.3 is 5.11 Å². The number of nitrogens with one attached hydrogen (secondary N) is 1. The number of fused-ring (bicyclic) bond motifs is 1. The minimum absolute atomic E-state index is 0.115. The van der Waals surface area contributed by atoms with Crippen molar-refractivity contribution in [1.29, 1.82) is 0 Å². The molecule has 128 valence electrons. The largest absolute Gasteiger partial charge is 0.481 e. The van der Waals surface area contributed by atoms with Gasteiger partial charge in [0.25, 0.3) is 6.43 Å². The van der Waals surface area contributed by atoms with Gasteiger partial charge in [0.1, 0.15) is 5.54 Å². The molecule has 0 bridgehead atoms. The number of benzene rings is 1. The lowest BCUT2D eigenvalue weighted by Gasteiger charge is -2.28. The average Bonchev–Trinajstić information content (AvgIpc) is 2.45. The van der Waals surface area contributed by atoms with Crippen molar-refractivity contribution in [2.75, 3.05) is 0 Å². The first-order valence-electron chi connectivity index (χ1n) is 7.30. The van der Waals surface area contributed by atoms with E-state index in [4.69, 9.17) is 5.11 Å². The highest BCUT2D eigenvalue weighted by Gasteiger charge is 2.41. The number of hydrogen-bond donors (Lipinski definition) is 2. The highest BCUT2D eigenvalue weighted by Crippen LogP contribution is 2.27. The van der Waals surface area contributed by atoms with E-state index in [1.165, 1.54) is 12.1 Å². The Morgan fingerprint density at radius 3 is 2.48 bits per heavy atom. The van der Waals surface area contributed by atoms with Crippen molar-refractivity contribution in [1.82, 2.24) is 4.72 Å². The molecule has 0 fully saturated rings. The second-order valence-electron chi connectivity index (χ2n) is 6.03. The van der Waals surface area contributed by atoms with Crippen LogP contribution in [0.4, 0.5) is 8.78 Å². The quantitative estimate of drug-likeness (QED) is 0.827. The van der Waals surface area contributed by atoms with Crippen LogP contribution in [0.2, 0.25) is 0 Å². The SMILES string of the molecule is CC(CC(=O)O)(NS(=O)(=O)c1ccc2c(c1)CCCC2)C(F)F. The van der Waals surface area contributed by atoms with Crippen LogP contribution in [-0.4, -0.2) is 31.5 Å². The molecule has 0 saturated heterocycles. The lowest BCUT2D eigenvalue weighted by Crippen LogP contribution is -2.52. The molecular formula is C15H19F2NO4S. The zero-order valence-corrected chi connectivity index (χ0v) is 13.5. The summed E-state index contributed by atoms with van der Waals surface area (Å²) in [6.07, 6.45) is -0.533. The summed E-state index contributed by atoms with van der Waals surface area (Å²) in [5.41, 5.74) is -0.394. The molecule has 2 N–H and O–H groups in total. The topological polar surface area (TPSA) is 83.5 Å². The van der Waals surface area contributed by atoms with Crippen LogP contribution >= 0.6 is 0 Å². The molecule has 1 aromatic rings. The van der Waals surface area contributed by atoms with Crippen molar-refractivity contribution in [2.45, 2.75) is 55.9 Å². The summed E-state index contributed by atoms with van der Waals surface area (Å²) in [6, 6.07) is 4.56. The minimum Gasteiger partial charge on any atom is -0.481 e. The molecular weight excluding hydrogens is 328 g/mol. The lowest BCUT2D eigenvalue weighted by atomic mass is 9.92. The first-order valence-corrected chi connectivity index (χ1v) is 8.78. The predicted molar refractivity (Wildman–Crippen MR) is 80.1 cm³/mol. The van der Waals surface area contributed by atoms with Crippen molar-refractivity contribution in [3.05, 3.63) is 29.3 Å². The summed E-state index contributed by atoms with van der Waals surface area (Å²) < 4.78 is 53.0. The van der Waals surface area contributed by atoms with Gasteiger partial charge in [0.2, 0.25) is 10.0 Å². The fourth-order valence-electron chi connectivity index (χ4n) is 2.71. The number of aliphatic carboxylic acids is 1. The summed E-state index contributed by atoms with van der Waals surface area (Å²) >= 11 is 0. The van der Waals surface area contributed by atoms with Gasteiger partial charge in [-0.3, -0.25) is 4.79 Å². The third kappa shape index (κ3) is 4.06. The molecule has 0 aliphatic heterocycles. The Hall–Kier alpha value is -1.54. The maximum atomic E-state index is 13.2. The van der Waals surface area contributed by atoms with Gasteiger partial charge in [-0.25, -0.2) is 17.2 Å². The van der Waals surface area contributed by atoms with Gasteiger partial charge in [-0.1, -0.05) is 6.07 Å². The van der Waals surface area contributed by atoms with Crippen molar-refractivity contribution >= 4 is 16.0 Å². The summed E-state index contributed by atoms with van der Waals surface area (Å²) in [7, 11) is -4.24. The normalized spacial score (nSPS) is 17.6. The molecule has 2 rings (SSSR count). The Labute approximate surface area is 133 Å². The number of aryl methyl sites for hydroxylation is 2. The molecule has 8 heteroatoms. The third-order valence-electron chi connectivity index (χ3n) is 4.00. The van der Waals surface area contributed by atoms with Crippen molar-refractivity contribution in [3.8, 4) is 0 Å². The Morgan fingerprint density at radius 2 is 1.91 bits per heavy atom. The molecule has 0 heterocycles. The standard InChI is InChI=1S/C15H19F2NO4S/c1-15(14(16)17,9-13(19)20)18-23(21,22)12-7-6-10-4-2-3-5-11(10)8-12/h6-8,14,18H,2-5,9H2,1H3,(H,19,20). The maximum absolute atomic E-state index is 13.2. The van der Waals surface area contributed by atoms with E-state index in [0.717, 1.165) is 43.7 Å². The van der Waals surface area contributed by atoms with Gasteiger partial charge in [0.05, 0.1) is 11.3 Å². The van der Waals surface area contributed by atoms with Gasteiger partial charge in [0, 0.05) is 0 Å². The molecule has 0 amide bonds. The van der Waals surface area contributed by atoms with Crippen LogP contribution in [0.5, 0.6) is 0 Å². The maximum Gasteiger partial charge on any atom is 0.305 e. The Balaban J connectivity index is 2.32. The Kier molecular flexibility index (Phi) is 5.05. The number of rotatable bonds is 6. The lowest BCUT2D eigenvalue weighted by molar-refractivity contribution is -0.140. The monoisotopic (exact) mass is 347 g/mol. The molecule has 0 spiro atoms. The first kappa shape index (κ1) is 17.8. The van der Waals surface area contributed by atoms with Crippen LogP contribution in [-0.2, 0) is 27.7 Å². The second kappa shape index (κ2) is 6.52. The van der Waals surface area contributed by atoms with Crippen LogP contribution < -0.4 is 4.72 Å². The number of hydrogen-bond acceptors (Lipinski definition) is 3. The number of sulfonamides is 1. The van der Waals surface area contributed by atoms with E-state index in [-0.39, 0.29) is 4.90 Å². The molecule has 23 heavy (non-hydrogen) atoms. The molecule has 0 saturated carbocycles. The molecule has 5 nitrogen and oxygen atoms in total.